The van der Waals surface area contributed by atoms with Crippen molar-refractivity contribution in [1.82, 2.24) is 14.8 Å². The van der Waals surface area contributed by atoms with Gasteiger partial charge < -0.3 is 19.4 Å². The molecule has 0 unspecified atom stereocenters. The summed E-state index contributed by atoms with van der Waals surface area (Å²) in [7, 11) is 1.26. The topological polar surface area (TPSA) is 95.3 Å². The lowest BCUT2D eigenvalue weighted by atomic mass is 10.0. The maximum absolute atomic E-state index is 13.4. The number of esters is 1. The van der Waals surface area contributed by atoms with Crippen molar-refractivity contribution in [3.05, 3.63) is 87.7 Å². The van der Waals surface area contributed by atoms with Crippen molar-refractivity contribution >= 4 is 63.2 Å². The Morgan fingerprint density at radius 2 is 1.98 bits per heavy atom. The number of carbonyl (C=O) groups excluding carboxylic acids is 2. The van der Waals surface area contributed by atoms with Crippen molar-refractivity contribution in [2.75, 3.05) is 24.8 Å². The zero-order valence-electron chi connectivity index (χ0n) is 21.9. The van der Waals surface area contributed by atoms with E-state index >= 15 is 0 Å². The minimum atomic E-state index is -0.605. The standard InChI is InChI=1S/C28H25Cl2FN4O4S2/c1-3-12-35-23(5-4-13-39-22-11-8-18(29)14-21(22)30)33-34-28(35)41-16-24(36)32-26-25(27(37)38-2)20(15-40-26)17-6-9-19(31)10-7-17/h3,6-11,14-15H,1,4-5,12-13,16H2,2H3,(H,32,36). The van der Waals surface area contributed by atoms with Gasteiger partial charge in [0.15, 0.2) is 5.16 Å². The van der Waals surface area contributed by atoms with Gasteiger partial charge in [-0.2, -0.15) is 0 Å². The minimum absolute atomic E-state index is 0.0256. The number of rotatable bonds is 13. The van der Waals surface area contributed by atoms with Crippen molar-refractivity contribution in [2.24, 2.45) is 0 Å². The molecule has 1 amide bonds. The zero-order chi connectivity index (χ0) is 29.4. The third-order valence-electron chi connectivity index (χ3n) is 5.72. The summed E-state index contributed by atoms with van der Waals surface area (Å²) >= 11 is 14.5. The number of hydrogen-bond donors (Lipinski definition) is 1. The van der Waals surface area contributed by atoms with Crippen molar-refractivity contribution in [2.45, 2.75) is 24.5 Å². The molecule has 0 aliphatic carbocycles. The molecular formula is C28H25Cl2FN4O4S2. The lowest BCUT2D eigenvalue weighted by Gasteiger charge is -2.10. The van der Waals surface area contributed by atoms with Crippen LogP contribution in [0.3, 0.4) is 0 Å². The molecule has 0 saturated heterocycles. The fourth-order valence-electron chi connectivity index (χ4n) is 3.82. The van der Waals surface area contributed by atoms with E-state index in [1.807, 2.05) is 4.57 Å². The Labute approximate surface area is 254 Å². The van der Waals surface area contributed by atoms with Gasteiger partial charge in [-0.25, -0.2) is 9.18 Å². The summed E-state index contributed by atoms with van der Waals surface area (Å²) in [4.78, 5) is 25.4. The Hall–Kier alpha value is -3.38. The van der Waals surface area contributed by atoms with Crippen LogP contribution in [0.1, 0.15) is 22.6 Å². The number of thioether (sulfide) groups is 1. The Balaban J connectivity index is 1.37. The fourth-order valence-corrected chi connectivity index (χ4v) is 6.02. The summed E-state index contributed by atoms with van der Waals surface area (Å²) in [5.74, 6) is -0.0251. The van der Waals surface area contributed by atoms with E-state index in [4.69, 9.17) is 32.7 Å². The van der Waals surface area contributed by atoms with Crippen LogP contribution in [0, 0.1) is 5.82 Å². The largest absolute Gasteiger partial charge is 0.492 e. The number of hydrogen-bond acceptors (Lipinski definition) is 8. The summed E-state index contributed by atoms with van der Waals surface area (Å²) in [5, 5.41) is 14.9. The maximum atomic E-state index is 13.4. The van der Waals surface area contributed by atoms with Crippen LogP contribution in [0.5, 0.6) is 5.75 Å². The normalized spacial score (nSPS) is 10.8. The molecule has 2 heterocycles. The number of amides is 1. The molecule has 0 spiro atoms. The monoisotopic (exact) mass is 634 g/mol. The quantitative estimate of drug-likeness (QED) is 0.0721. The lowest BCUT2D eigenvalue weighted by molar-refractivity contribution is -0.113. The summed E-state index contributed by atoms with van der Waals surface area (Å²) in [5.41, 5.74) is 1.38. The van der Waals surface area contributed by atoms with E-state index in [2.05, 4.69) is 22.1 Å². The van der Waals surface area contributed by atoms with Gasteiger partial charge in [0.2, 0.25) is 5.91 Å². The van der Waals surface area contributed by atoms with Crippen molar-refractivity contribution in [3.8, 4) is 16.9 Å². The smallest absolute Gasteiger partial charge is 0.341 e. The van der Waals surface area contributed by atoms with Crippen molar-refractivity contribution in [1.29, 1.82) is 0 Å². The van der Waals surface area contributed by atoms with Crippen molar-refractivity contribution in [3.63, 3.8) is 0 Å². The van der Waals surface area contributed by atoms with Crippen LogP contribution < -0.4 is 10.1 Å². The summed E-state index contributed by atoms with van der Waals surface area (Å²) in [6.07, 6.45) is 2.97. The molecule has 0 bridgehead atoms. The minimum Gasteiger partial charge on any atom is -0.492 e. The van der Waals surface area contributed by atoms with E-state index in [9.17, 15) is 14.0 Å². The van der Waals surface area contributed by atoms with Crippen LogP contribution in [-0.4, -0.2) is 46.1 Å². The average molecular weight is 636 g/mol. The number of carbonyl (C=O) groups is 2. The van der Waals surface area contributed by atoms with Crippen LogP contribution in [0.15, 0.2) is 65.7 Å². The third kappa shape index (κ3) is 7.88. The van der Waals surface area contributed by atoms with Gasteiger partial charge in [0.25, 0.3) is 0 Å². The second-order valence-corrected chi connectivity index (χ2v) is 11.2. The third-order valence-corrected chi connectivity index (χ3v) is 8.12. The highest BCUT2D eigenvalue weighted by atomic mass is 35.5. The highest BCUT2D eigenvalue weighted by Gasteiger charge is 2.23. The molecule has 41 heavy (non-hydrogen) atoms. The van der Waals surface area contributed by atoms with E-state index in [0.29, 0.717) is 63.1 Å². The van der Waals surface area contributed by atoms with Gasteiger partial charge in [0.05, 0.1) is 24.5 Å². The molecule has 0 fully saturated rings. The Morgan fingerprint density at radius 3 is 2.68 bits per heavy atom. The lowest BCUT2D eigenvalue weighted by Crippen LogP contribution is -2.16. The number of halogens is 3. The molecule has 0 aliphatic heterocycles. The van der Waals surface area contributed by atoms with Gasteiger partial charge in [-0.3, -0.25) is 4.79 Å². The van der Waals surface area contributed by atoms with Crippen LogP contribution in [0.25, 0.3) is 11.1 Å². The molecule has 4 aromatic rings. The predicted molar refractivity (Wildman–Crippen MR) is 161 cm³/mol. The molecule has 0 atom stereocenters. The molecule has 13 heteroatoms. The van der Waals surface area contributed by atoms with Crippen molar-refractivity contribution < 1.29 is 23.5 Å². The maximum Gasteiger partial charge on any atom is 0.341 e. The molecule has 0 saturated carbocycles. The highest BCUT2D eigenvalue weighted by molar-refractivity contribution is 7.99. The number of ether oxygens (including phenoxy) is 2. The Kier molecular flexibility index (Phi) is 10.8. The number of allylic oxidation sites excluding steroid dienone is 1. The number of anilines is 1. The van der Waals surface area contributed by atoms with E-state index in [1.165, 1.54) is 42.3 Å². The number of aromatic nitrogens is 3. The summed E-state index contributed by atoms with van der Waals surface area (Å²) in [6, 6.07) is 10.8. The van der Waals surface area contributed by atoms with E-state index < -0.39 is 11.8 Å². The number of nitrogens with one attached hydrogen (secondary N) is 1. The summed E-state index contributed by atoms with van der Waals surface area (Å²) in [6.45, 7) is 4.69. The van der Waals surface area contributed by atoms with Crippen LogP contribution in [0.2, 0.25) is 10.0 Å². The van der Waals surface area contributed by atoms with Crippen LogP contribution >= 0.6 is 46.3 Å². The molecule has 4 rings (SSSR count). The number of benzene rings is 2. The number of thiophene rings is 1. The molecule has 214 valence electrons. The first-order valence-electron chi connectivity index (χ1n) is 12.3. The molecule has 2 aromatic heterocycles. The highest BCUT2D eigenvalue weighted by Crippen LogP contribution is 2.36. The molecule has 1 N–H and O–H groups in total. The van der Waals surface area contributed by atoms with Gasteiger partial charge >= 0.3 is 5.97 Å². The molecule has 8 nitrogen and oxygen atoms in total. The van der Waals surface area contributed by atoms with E-state index in [-0.39, 0.29) is 17.2 Å². The number of methoxy groups -OCH3 is 1. The Morgan fingerprint density at radius 1 is 1.20 bits per heavy atom. The van der Waals surface area contributed by atoms with Crippen LogP contribution in [-0.2, 0) is 22.5 Å². The molecule has 0 radical (unpaired) electrons. The SMILES string of the molecule is C=CCn1c(CCCOc2ccc(Cl)cc2Cl)nnc1SCC(=O)Nc1scc(-c2ccc(F)cc2)c1C(=O)OC. The van der Waals surface area contributed by atoms with Gasteiger partial charge in [-0.15, -0.1) is 28.1 Å². The summed E-state index contributed by atoms with van der Waals surface area (Å²) < 4.78 is 26.0. The first-order chi connectivity index (χ1) is 19.8. The molecule has 2 aromatic carbocycles. The second kappa shape index (κ2) is 14.5. The zero-order valence-corrected chi connectivity index (χ0v) is 25.0. The second-order valence-electron chi connectivity index (χ2n) is 8.51. The van der Waals surface area contributed by atoms with Gasteiger partial charge in [0, 0.05) is 28.9 Å². The first kappa shape index (κ1) is 30.6. The number of nitrogens with zero attached hydrogens (tertiary/aromatic N) is 3. The molecule has 0 aliphatic rings. The number of aryl methyl sites for hydroxylation is 1. The Bertz CT molecular complexity index is 1540. The van der Waals surface area contributed by atoms with E-state index in [0.717, 1.165) is 5.82 Å². The van der Waals surface area contributed by atoms with Gasteiger partial charge in [-0.05, 0) is 42.3 Å². The van der Waals surface area contributed by atoms with Crippen LogP contribution in [0.4, 0.5) is 9.39 Å². The fraction of sp³-hybridized carbons (Fsp3) is 0.214. The first-order valence-corrected chi connectivity index (χ1v) is 14.9. The average Bonchev–Trinajstić information content (AvgIpc) is 3.55. The van der Waals surface area contributed by atoms with Gasteiger partial charge in [-0.1, -0.05) is 53.2 Å². The molecular weight excluding hydrogens is 610 g/mol. The van der Waals surface area contributed by atoms with E-state index in [1.54, 1.807) is 41.8 Å². The van der Waals surface area contributed by atoms with Gasteiger partial charge in [0.1, 0.15) is 28.0 Å². The predicted octanol–water partition coefficient (Wildman–Crippen LogP) is 7.17.